The lowest BCUT2D eigenvalue weighted by molar-refractivity contribution is -0.162. The summed E-state index contributed by atoms with van der Waals surface area (Å²) in [5, 5.41) is 4.19. The summed E-state index contributed by atoms with van der Waals surface area (Å²) in [6.07, 6.45) is 7.99. The molecule has 0 aromatic carbocycles. The minimum absolute atomic E-state index is 0.0227. The van der Waals surface area contributed by atoms with Gasteiger partial charge < -0.3 is 9.64 Å². The number of aromatic nitrogens is 2. The van der Waals surface area contributed by atoms with Crippen LogP contribution >= 0.6 is 0 Å². The highest BCUT2D eigenvalue weighted by atomic mass is 16.5. The number of rotatable bonds is 4. The molecule has 3 fully saturated rings. The summed E-state index contributed by atoms with van der Waals surface area (Å²) < 4.78 is 7.39. The van der Waals surface area contributed by atoms with E-state index in [0.29, 0.717) is 25.0 Å². The van der Waals surface area contributed by atoms with Crippen molar-refractivity contribution in [3.8, 4) is 0 Å². The van der Waals surface area contributed by atoms with Crippen LogP contribution in [-0.2, 0) is 14.3 Å². The molecule has 1 unspecified atom stereocenters. The third-order valence-electron chi connectivity index (χ3n) is 4.76. The minimum atomic E-state index is -0.561. The lowest BCUT2D eigenvalue weighted by atomic mass is 9.89. The Bertz CT molecular complexity index is 547. The van der Waals surface area contributed by atoms with E-state index in [0.717, 1.165) is 25.7 Å². The van der Waals surface area contributed by atoms with Crippen molar-refractivity contribution in [3.05, 3.63) is 18.5 Å². The Morgan fingerprint density at radius 2 is 2.05 bits per heavy atom. The number of amides is 1. The first-order valence-electron chi connectivity index (χ1n) is 7.72. The number of nitrogens with zero attached hydrogens (tertiary/aromatic N) is 3. The molecule has 2 heterocycles. The van der Waals surface area contributed by atoms with Gasteiger partial charge >= 0.3 is 5.97 Å². The van der Waals surface area contributed by atoms with E-state index in [1.54, 1.807) is 6.20 Å². The van der Waals surface area contributed by atoms with Crippen LogP contribution < -0.4 is 0 Å². The smallest absolute Gasteiger partial charge is 0.318 e. The lowest BCUT2D eigenvalue weighted by Crippen LogP contribution is -2.38. The first-order chi connectivity index (χ1) is 10.2. The SMILES string of the molecule is O=C(OC1CC(n2cccn2)C1)C1CCN(C2CC2)C1=O. The van der Waals surface area contributed by atoms with Gasteiger partial charge in [-0.2, -0.15) is 5.10 Å². The monoisotopic (exact) mass is 289 g/mol. The summed E-state index contributed by atoms with van der Waals surface area (Å²) in [6.45, 7) is 0.712. The molecule has 2 aliphatic carbocycles. The number of hydrogen-bond acceptors (Lipinski definition) is 4. The zero-order valence-corrected chi connectivity index (χ0v) is 11.9. The molecular weight excluding hydrogens is 270 g/mol. The fourth-order valence-electron chi connectivity index (χ4n) is 3.26. The van der Waals surface area contributed by atoms with Crippen molar-refractivity contribution < 1.29 is 14.3 Å². The average Bonchev–Trinajstić information content (AvgIpc) is 2.97. The van der Waals surface area contributed by atoms with Gasteiger partial charge in [0.1, 0.15) is 12.0 Å². The Kier molecular flexibility index (Phi) is 2.97. The third kappa shape index (κ3) is 2.32. The Labute approximate surface area is 123 Å². The van der Waals surface area contributed by atoms with Crippen molar-refractivity contribution in [2.45, 2.75) is 50.3 Å². The summed E-state index contributed by atoms with van der Waals surface area (Å²) >= 11 is 0. The zero-order valence-electron chi connectivity index (χ0n) is 11.9. The highest BCUT2D eigenvalue weighted by Crippen LogP contribution is 2.36. The first-order valence-corrected chi connectivity index (χ1v) is 7.72. The van der Waals surface area contributed by atoms with Gasteiger partial charge in [-0.05, 0) is 25.3 Å². The molecule has 1 amide bonds. The second kappa shape index (κ2) is 4.86. The molecule has 112 valence electrons. The van der Waals surface area contributed by atoms with Gasteiger partial charge in [-0.15, -0.1) is 0 Å². The Balaban J connectivity index is 1.28. The number of carbonyl (C=O) groups excluding carboxylic acids is 2. The van der Waals surface area contributed by atoms with Crippen LogP contribution in [0.1, 0.15) is 38.1 Å². The molecule has 4 rings (SSSR count). The summed E-state index contributed by atoms with van der Waals surface area (Å²) in [6, 6.07) is 2.60. The molecule has 0 radical (unpaired) electrons. The minimum Gasteiger partial charge on any atom is -0.462 e. The Hall–Kier alpha value is -1.85. The van der Waals surface area contributed by atoms with Crippen LogP contribution in [0.25, 0.3) is 0 Å². The van der Waals surface area contributed by atoms with Crippen LogP contribution in [-0.4, -0.2) is 45.2 Å². The molecule has 0 N–H and O–H groups in total. The van der Waals surface area contributed by atoms with Crippen molar-refractivity contribution in [1.82, 2.24) is 14.7 Å². The molecule has 21 heavy (non-hydrogen) atoms. The van der Waals surface area contributed by atoms with Gasteiger partial charge in [0.05, 0.1) is 6.04 Å². The van der Waals surface area contributed by atoms with E-state index in [9.17, 15) is 9.59 Å². The molecule has 1 aliphatic heterocycles. The summed E-state index contributed by atoms with van der Waals surface area (Å²) in [5.74, 6) is -0.910. The van der Waals surface area contributed by atoms with E-state index in [1.807, 2.05) is 21.8 Å². The van der Waals surface area contributed by atoms with Crippen LogP contribution in [0.15, 0.2) is 18.5 Å². The summed E-state index contributed by atoms with van der Waals surface area (Å²) in [5.41, 5.74) is 0. The number of esters is 1. The van der Waals surface area contributed by atoms with Crippen molar-refractivity contribution >= 4 is 11.9 Å². The maximum Gasteiger partial charge on any atom is 0.318 e. The van der Waals surface area contributed by atoms with E-state index in [4.69, 9.17) is 4.74 Å². The number of hydrogen-bond donors (Lipinski definition) is 0. The van der Waals surface area contributed by atoms with Crippen LogP contribution in [0.3, 0.4) is 0 Å². The topological polar surface area (TPSA) is 64.4 Å². The van der Waals surface area contributed by atoms with Crippen molar-refractivity contribution in [2.24, 2.45) is 5.92 Å². The maximum atomic E-state index is 12.2. The number of likely N-dealkylation sites (tertiary alicyclic amines) is 1. The molecule has 1 atom stereocenters. The lowest BCUT2D eigenvalue weighted by Gasteiger charge is -2.35. The largest absolute Gasteiger partial charge is 0.462 e. The molecule has 1 saturated heterocycles. The maximum absolute atomic E-state index is 12.2. The highest BCUT2D eigenvalue weighted by Gasteiger charge is 2.45. The van der Waals surface area contributed by atoms with Crippen LogP contribution in [0.5, 0.6) is 0 Å². The fourth-order valence-corrected chi connectivity index (χ4v) is 3.26. The van der Waals surface area contributed by atoms with Crippen molar-refractivity contribution in [1.29, 1.82) is 0 Å². The average molecular weight is 289 g/mol. The second-order valence-electron chi connectivity index (χ2n) is 6.27. The molecule has 1 aromatic rings. The molecule has 1 aromatic heterocycles. The van der Waals surface area contributed by atoms with E-state index < -0.39 is 5.92 Å². The third-order valence-corrected chi connectivity index (χ3v) is 4.76. The summed E-state index contributed by atoms with van der Waals surface area (Å²) in [7, 11) is 0. The molecular formula is C15H19N3O3. The molecule has 6 heteroatoms. The van der Waals surface area contributed by atoms with Gasteiger partial charge in [-0.25, -0.2) is 0 Å². The van der Waals surface area contributed by atoms with Gasteiger partial charge in [0.2, 0.25) is 5.91 Å². The van der Waals surface area contributed by atoms with E-state index in [-0.39, 0.29) is 18.0 Å². The van der Waals surface area contributed by atoms with Crippen LogP contribution in [0.4, 0.5) is 0 Å². The van der Waals surface area contributed by atoms with Gasteiger partial charge in [0, 0.05) is 37.8 Å². The summed E-state index contributed by atoms with van der Waals surface area (Å²) in [4.78, 5) is 26.2. The highest BCUT2D eigenvalue weighted by molar-refractivity contribution is 5.99. The predicted octanol–water partition coefficient (Wildman–Crippen LogP) is 1.14. The van der Waals surface area contributed by atoms with Crippen LogP contribution in [0, 0.1) is 5.92 Å². The molecule has 0 bridgehead atoms. The Morgan fingerprint density at radius 1 is 1.24 bits per heavy atom. The molecule has 2 saturated carbocycles. The Morgan fingerprint density at radius 3 is 2.71 bits per heavy atom. The van der Waals surface area contributed by atoms with E-state index in [2.05, 4.69) is 5.10 Å². The van der Waals surface area contributed by atoms with Crippen LogP contribution in [0.2, 0.25) is 0 Å². The standard InChI is InChI=1S/C15H19N3O3/c19-14-13(4-7-17(14)10-2-3-10)15(20)21-12-8-11(9-12)18-6-1-5-16-18/h1,5-6,10-13H,2-4,7-9H2. The molecule has 3 aliphatic rings. The fraction of sp³-hybridized carbons (Fsp3) is 0.667. The van der Waals surface area contributed by atoms with E-state index in [1.165, 1.54) is 0 Å². The van der Waals surface area contributed by atoms with Gasteiger partial charge in [-0.1, -0.05) is 0 Å². The number of ether oxygens (including phenoxy) is 1. The zero-order chi connectivity index (χ0) is 14.4. The van der Waals surface area contributed by atoms with E-state index >= 15 is 0 Å². The van der Waals surface area contributed by atoms with Gasteiger partial charge in [0.15, 0.2) is 0 Å². The van der Waals surface area contributed by atoms with Gasteiger partial charge in [0.25, 0.3) is 0 Å². The second-order valence-corrected chi connectivity index (χ2v) is 6.27. The quantitative estimate of drug-likeness (QED) is 0.616. The molecule has 0 spiro atoms. The number of carbonyl (C=O) groups is 2. The van der Waals surface area contributed by atoms with Gasteiger partial charge in [-0.3, -0.25) is 14.3 Å². The normalized spacial score (nSPS) is 32.1. The van der Waals surface area contributed by atoms with Crippen molar-refractivity contribution in [3.63, 3.8) is 0 Å². The molecule has 6 nitrogen and oxygen atoms in total. The predicted molar refractivity (Wildman–Crippen MR) is 73.2 cm³/mol. The first kappa shape index (κ1) is 12.9. The van der Waals surface area contributed by atoms with Crippen molar-refractivity contribution in [2.75, 3.05) is 6.54 Å².